The average molecular weight is 554 g/mol. The number of esters is 2. The molecule has 0 saturated heterocycles. The number of nitrogens with two attached hydrogens (primary N) is 1. The van der Waals surface area contributed by atoms with Crippen molar-refractivity contribution in [3.63, 3.8) is 0 Å². The Bertz CT molecular complexity index is 1320. The molecule has 0 bridgehead atoms. The molecule has 39 heavy (non-hydrogen) atoms. The number of nitrogen functional groups attached to an aromatic ring is 1. The maximum atomic E-state index is 13.4. The van der Waals surface area contributed by atoms with Gasteiger partial charge in [0.05, 0.1) is 26.3 Å². The van der Waals surface area contributed by atoms with Gasteiger partial charge in [-0.1, -0.05) is 24.3 Å². The molecule has 3 aromatic carbocycles. The second kappa shape index (κ2) is 14.3. The summed E-state index contributed by atoms with van der Waals surface area (Å²) in [4.78, 5) is 50.9. The number of carbonyl (C=O) groups excluding carboxylic acids is 4. The van der Waals surface area contributed by atoms with E-state index in [-0.39, 0.29) is 43.7 Å². The van der Waals surface area contributed by atoms with Crippen molar-refractivity contribution in [2.45, 2.75) is 6.54 Å². The van der Waals surface area contributed by atoms with Crippen LogP contribution in [-0.4, -0.2) is 61.7 Å². The normalized spacial score (nSPS) is 10.0. The minimum atomic E-state index is -0.532. The van der Waals surface area contributed by atoms with E-state index >= 15 is 0 Å². The number of Topliss-reactive ketones (excluding diaryl/α,β-unsaturated/α-hetero) is 1. The number of rotatable bonds is 11. The molecule has 0 aliphatic carbocycles. The number of benzene rings is 3. The van der Waals surface area contributed by atoms with Crippen molar-refractivity contribution in [2.24, 2.45) is 5.73 Å². The van der Waals surface area contributed by atoms with Crippen LogP contribution < -0.4 is 10.5 Å². The zero-order chi connectivity index (χ0) is 27.7. The van der Waals surface area contributed by atoms with Gasteiger partial charge in [0.2, 0.25) is 0 Å². The van der Waals surface area contributed by atoms with Crippen molar-refractivity contribution in [3.8, 4) is 5.75 Å². The second-order valence-corrected chi connectivity index (χ2v) is 8.15. The van der Waals surface area contributed by atoms with Crippen LogP contribution in [0.1, 0.15) is 42.2 Å². The Morgan fingerprint density at radius 3 is 1.85 bits per heavy atom. The van der Waals surface area contributed by atoms with Crippen molar-refractivity contribution in [2.75, 3.05) is 27.4 Å². The molecule has 3 aromatic rings. The lowest BCUT2D eigenvalue weighted by atomic mass is 10.1. The number of nitrogens with one attached hydrogen (secondary N) is 1. The lowest BCUT2D eigenvalue weighted by molar-refractivity contribution is -0.142. The monoisotopic (exact) mass is 553 g/mol. The lowest BCUT2D eigenvalue weighted by Crippen LogP contribution is -2.35. The Hall–Kier alpha value is -4.70. The molecule has 3 rings (SSSR count). The van der Waals surface area contributed by atoms with Gasteiger partial charge in [0.1, 0.15) is 11.6 Å². The number of hydrogen-bond donors (Lipinski definition) is 2. The fourth-order valence-corrected chi connectivity index (χ4v) is 3.46. The van der Waals surface area contributed by atoms with E-state index in [2.05, 4.69) is 4.74 Å². The predicted molar refractivity (Wildman–Crippen MR) is 146 cm³/mol. The molecule has 0 aromatic heterocycles. The quantitative estimate of drug-likeness (QED) is 0.159. The minimum absolute atomic E-state index is 0. The first kappa shape index (κ1) is 30.5. The number of nitrogens with zero attached hydrogens (tertiary/aromatic N) is 1. The zero-order valence-corrected chi connectivity index (χ0v) is 22.2. The van der Waals surface area contributed by atoms with Crippen molar-refractivity contribution < 1.29 is 33.4 Å². The number of hydrogen-bond acceptors (Lipinski definition) is 8. The third-order valence-corrected chi connectivity index (χ3v) is 5.57. The van der Waals surface area contributed by atoms with Gasteiger partial charge in [-0.25, -0.2) is 9.59 Å². The molecule has 11 heteroatoms. The van der Waals surface area contributed by atoms with Gasteiger partial charge in [-0.2, -0.15) is 0 Å². The number of methoxy groups -OCH3 is 2. The minimum Gasteiger partial charge on any atom is -0.482 e. The zero-order valence-electron chi connectivity index (χ0n) is 21.3. The van der Waals surface area contributed by atoms with E-state index < -0.39 is 17.8 Å². The van der Waals surface area contributed by atoms with E-state index in [1.165, 1.54) is 19.1 Å². The SMILES string of the molecule is COC(=O)COc1ccc(C(=O)CN(Cc2ccc(C(=O)OC)cc2)C(=O)c2ccc(C(=N)N)cc2)cc1.Cl. The molecule has 0 aliphatic rings. The Morgan fingerprint density at radius 2 is 1.31 bits per heavy atom. The topological polar surface area (TPSA) is 149 Å². The number of amides is 1. The number of ether oxygens (including phenoxy) is 3. The van der Waals surface area contributed by atoms with Gasteiger partial charge in [-0.3, -0.25) is 15.0 Å². The predicted octanol–water partition coefficient (Wildman–Crippen LogP) is 3.26. The molecule has 204 valence electrons. The molecular weight excluding hydrogens is 526 g/mol. The highest BCUT2D eigenvalue weighted by Crippen LogP contribution is 2.17. The standard InChI is InChI=1S/C28H27N3O7.ClH/c1-36-25(33)17-38-23-13-11-19(12-14-23)24(32)16-31(15-18-3-5-22(6-4-18)28(35)37-2)27(34)21-9-7-20(8-10-21)26(29)30;/h3-14H,15-17H2,1-2H3,(H3,29,30);1H. The summed E-state index contributed by atoms with van der Waals surface area (Å²) in [6, 6.07) is 18.9. The van der Waals surface area contributed by atoms with E-state index in [1.54, 1.807) is 72.8 Å². The van der Waals surface area contributed by atoms with E-state index in [0.717, 1.165) is 0 Å². The molecule has 0 saturated carbocycles. The van der Waals surface area contributed by atoms with Crippen LogP contribution in [0.15, 0.2) is 72.8 Å². The van der Waals surface area contributed by atoms with Crippen molar-refractivity contribution in [1.29, 1.82) is 5.41 Å². The molecule has 10 nitrogen and oxygen atoms in total. The fraction of sp³-hybridized carbons (Fsp3) is 0.179. The summed E-state index contributed by atoms with van der Waals surface area (Å²) in [5, 5.41) is 7.54. The summed E-state index contributed by atoms with van der Waals surface area (Å²) < 4.78 is 14.6. The summed E-state index contributed by atoms with van der Waals surface area (Å²) in [7, 11) is 2.54. The van der Waals surface area contributed by atoms with E-state index in [0.29, 0.717) is 33.6 Å². The highest BCUT2D eigenvalue weighted by Gasteiger charge is 2.21. The van der Waals surface area contributed by atoms with Gasteiger partial charge in [0.15, 0.2) is 12.4 Å². The number of carbonyl (C=O) groups is 4. The van der Waals surface area contributed by atoms with Crippen LogP contribution in [0.25, 0.3) is 0 Å². The average Bonchev–Trinajstić information content (AvgIpc) is 2.95. The molecule has 0 radical (unpaired) electrons. The molecule has 0 aliphatic heterocycles. The second-order valence-electron chi connectivity index (χ2n) is 8.15. The highest BCUT2D eigenvalue weighted by atomic mass is 35.5. The number of ketones is 1. The Morgan fingerprint density at radius 1 is 0.769 bits per heavy atom. The van der Waals surface area contributed by atoms with Gasteiger partial charge in [-0.15, -0.1) is 12.4 Å². The van der Waals surface area contributed by atoms with Crippen molar-refractivity contribution in [3.05, 3.63) is 101 Å². The first-order valence-corrected chi connectivity index (χ1v) is 11.5. The van der Waals surface area contributed by atoms with Crippen molar-refractivity contribution >= 4 is 41.9 Å². The Balaban J connectivity index is 0.00000533. The van der Waals surface area contributed by atoms with Crippen LogP contribution in [0.3, 0.4) is 0 Å². The Kier molecular flexibility index (Phi) is 11.2. The maximum Gasteiger partial charge on any atom is 0.343 e. The summed E-state index contributed by atoms with van der Waals surface area (Å²) in [6.07, 6.45) is 0. The van der Waals surface area contributed by atoms with Crippen LogP contribution >= 0.6 is 12.4 Å². The lowest BCUT2D eigenvalue weighted by Gasteiger charge is -2.23. The molecule has 1 amide bonds. The fourth-order valence-electron chi connectivity index (χ4n) is 3.46. The van der Waals surface area contributed by atoms with E-state index in [9.17, 15) is 19.2 Å². The molecule has 0 atom stereocenters. The van der Waals surface area contributed by atoms with Gasteiger partial charge in [-0.05, 0) is 54.1 Å². The first-order chi connectivity index (χ1) is 18.2. The van der Waals surface area contributed by atoms with Gasteiger partial charge < -0.3 is 24.8 Å². The summed E-state index contributed by atoms with van der Waals surface area (Å²) >= 11 is 0. The summed E-state index contributed by atoms with van der Waals surface area (Å²) in [6.45, 7) is -0.390. The molecule has 0 fully saturated rings. The molecule has 3 N–H and O–H groups in total. The number of amidine groups is 1. The summed E-state index contributed by atoms with van der Waals surface area (Å²) in [5.74, 6) is -1.47. The van der Waals surface area contributed by atoms with Crippen LogP contribution in [0.5, 0.6) is 5.75 Å². The maximum absolute atomic E-state index is 13.4. The molecular formula is C28H28ClN3O7. The highest BCUT2D eigenvalue weighted by molar-refractivity contribution is 6.03. The van der Waals surface area contributed by atoms with Gasteiger partial charge in [0.25, 0.3) is 5.91 Å². The van der Waals surface area contributed by atoms with Crippen molar-refractivity contribution in [1.82, 2.24) is 4.90 Å². The third kappa shape index (κ3) is 8.41. The Labute approximate surface area is 231 Å². The van der Waals surface area contributed by atoms with Crippen LogP contribution in [0.2, 0.25) is 0 Å². The molecule has 0 spiro atoms. The van der Waals surface area contributed by atoms with Gasteiger partial charge >= 0.3 is 11.9 Å². The molecule has 0 heterocycles. The largest absolute Gasteiger partial charge is 0.482 e. The van der Waals surface area contributed by atoms with E-state index in [4.69, 9.17) is 20.6 Å². The van der Waals surface area contributed by atoms with Gasteiger partial charge in [0, 0.05) is 23.2 Å². The first-order valence-electron chi connectivity index (χ1n) is 11.5. The number of halogens is 1. The van der Waals surface area contributed by atoms with Crippen LogP contribution in [0, 0.1) is 5.41 Å². The van der Waals surface area contributed by atoms with Crippen LogP contribution in [-0.2, 0) is 20.8 Å². The summed E-state index contributed by atoms with van der Waals surface area (Å²) in [5.41, 5.74) is 7.70. The third-order valence-electron chi connectivity index (χ3n) is 5.57. The van der Waals surface area contributed by atoms with Crippen LogP contribution in [0.4, 0.5) is 0 Å². The molecule has 0 unspecified atom stereocenters. The smallest absolute Gasteiger partial charge is 0.343 e. The van der Waals surface area contributed by atoms with E-state index in [1.807, 2.05) is 0 Å².